The minimum Gasteiger partial charge on any atom is -0.367 e. The van der Waals surface area contributed by atoms with Gasteiger partial charge in [-0.3, -0.25) is 0 Å². The van der Waals surface area contributed by atoms with E-state index in [0.29, 0.717) is 6.04 Å². The summed E-state index contributed by atoms with van der Waals surface area (Å²) >= 11 is 0. The lowest BCUT2D eigenvalue weighted by Gasteiger charge is -2.33. The second-order valence-corrected chi connectivity index (χ2v) is 6.79. The van der Waals surface area contributed by atoms with Crippen molar-refractivity contribution in [2.45, 2.75) is 51.6 Å². The molecule has 1 heterocycles. The Balaban J connectivity index is 1.79. The van der Waals surface area contributed by atoms with Crippen molar-refractivity contribution in [2.24, 2.45) is 0 Å². The number of anilines is 1. The van der Waals surface area contributed by atoms with E-state index in [1.54, 1.807) is 6.33 Å². The molecule has 1 saturated carbocycles. The number of aromatic nitrogens is 2. The number of aryl methyl sites for hydroxylation is 2. The van der Waals surface area contributed by atoms with Crippen LogP contribution in [0.5, 0.6) is 0 Å². The molecule has 0 aliphatic heterocycles. The topological polar surface area (TPSA) is 41.1 Å². The Hall–Kier alpha value is -1.68. The Morgan fingerprint density at radius 3 is 2.36 bits per heavy atom. The van der Waals surface area contributed by atoms with E-state index in [1.165, 1.54) is 36.8 Å². The first-order valence-corrected chi connectivity index (χ1v) is 8.19. The predicted molar refractivity (Wildman–Crippen MR) is 92.4 cm³/mol. The molecule has 22 heavy (non-hydrogen) atoms. The number of rotatable bonds is 3. The molecular formula is C18H26N4. The van der Waals surface area contributed by atoms with E-state index in [9.17, 15) is 0 Å². The molecule has 3 rings (SSSR count). The number of fused-ring (bicyclic) bond motifs is 1. The zero-order chi connectivity index (χ0) is 15.7. The van der Waals surface area contributed by atoms with Crippen molar-refractivity contribution in [3.63, 3.8) is 0 Å². The number of nitrogens with zero attached hydrogens (tertiary/aromatic N) is 3. The summed E-state index contributed by atoms with van der Waals surface area (Å²) in [5.74, 6) is 0.987. The van der Waals surface area contributed by atoms with E-state index in [1.807, 2.05) is 0 Å². The Morgan fingerprint density at radius 2 is 1.68 bits per heavy atom. The third-order valence-electron chi connectivity index (χ3n) is 5.02. The first-order chi connectivity index (χ1) is 10.5. The fourth-order valence-corrected chi connectivity index (χ4v) is 3.36. The average Bonchev–Trinajstić information content (AvgIpc) is 2.50. The van der Waals surface area contributed by atoms with Gasteiger partial charge in [0.25, 0.3) is 0 Å². The second kappa shape index (κ2) is 6.21. The molecule has 0 bridgehead atoms. The molecule has 118 valence electrons. The second-order valence-electron chi connectivity index (χ2n) is 6.79. The van der Waals surface area contributed by atoms with Gasteiger partial charge in [-0.25, -0.2) is 9.97 Å². The third kappa shape index (κ3) is 3.07. The third-order valence-corrected chi connectivity index (χ3v) is 5.02. The van der Waals surface area contributed by atoms with Gasteiger partial charge < -0.3 is 10.2 Å². The molecule has 1 aliphatic rings. The van der Waals surface area contributed by atoms with E-state index in [2.05, 4.69) is 60.3 Å². The van der Waals surface area contributed by atoms with E-state index < -0.39 is 0 Å². The van der Waals surface area contributed by atoms with Gasteiger partial charge in [-0.1, -0.05) is 0 Å². The predicted octanol–water partition coefficient (Wildman–Crippen LogP) is 3.53. The first kappa shape index (κ1) is 15.2. The molecule has 1 aromatic carbocycles. The summed E-state index contributed by atoms with van der Waals surface area (Å²) in [4.78, 5) is 11.3. The van der Waals surface area contributed by atoms with Crippen LogP contribution in [0.1, 0.15) is 36.8 Å². The zero-order valence-electron chi connectivity index (χ0n) is 14.1. The number of hydrogen-bond acceptors (Lipinski definition) is 4. The van der Waals surface area contributed by atoms with Crippen LogP contribution in [0.4, 0.5) is 5.82 Å². The number of benzene rings is 1. The van der Waals surface area contributed by atoms with E-state index in [-0.39, 0.29) is 0 Å². The van der Waals surface area contributed by atoms with Gasteiger partial charge in [-0.05, 0) is 76.9 Å². The van der Waals surface area contributed by atoms with Crippen molar-refractivity contribution in [1.29, 1.82) is 0 Å². The van der Waals surface area contributed by atoms with Gasteiger partial charge in [0.1, 0.15) is 12.1 Å². The normalized spacial score (nSPS) is 22.2. The highest BCUT2D eigenvalue weighted by atomic mass is 15.1. The Labute approximate surface area is 133 Å². The summed E-state index contributed by atoms with van der Waals surface area (Å²) in [6.45, 7) is 4.28. The standard InChI is InChI=1S/C18H26N4/c1-12-9-16-17(10-13(12)2)19-11-20-18(16)21-14-5-7-15(8-6-14)22(3)4/h9-11,14-15H,5-8H2,1-4H3,(H,19,20,21). The maximum absolute atomic E-state index is 4.49. The molecule has 0 radical (unpaired) electrons. The monoisotopic (exact) mass is 298 g/mol. The molecule has 1 N–H and O–H groups in total. The Kier molecular flexibility index (Phi) is 4.30. The minimum absolute atomic E-state index is 0.524. The smallest absolute Gasteiger partial charge is 0.137 e. The highest BCUT2D eigenvalue weighted by Crippen LogP contribution is 2.27. The van der Waals surface area contributed by atoms with Gasteiger partial charge in [-0.15, -0.1) is 0 Å². The maximum atomic E-state index is 4.49. The van der Waals surface area contributed by atoms with Crippen LogP contribution in [-0.4, -0.2) is 41.0 Å². The van der Waals surface area contributed by atoms with Crippen molar-refractivity contribution in [3.8, 4) is 0 Å². The summed E-state index contributed by atoms with van der Waals surface area (Å²) in [6.07, 6.45) is 6.60. The fraction of sp³-hybridized carbons (Fsp3) is 0.556. The van der Waals surface area contributed by atoms with Crippen molar-refractivity contribution in [2.75, 3.05) is 19.4 Å². The number of hydrogen-bond donors (Lipinski definition) is 1. The van der Waals surface area contributed by atoms with E-state index in [4.69, 9.17) is 0 Å². The maximum Gasteiger partial charge on any atom is 0.137 e. The Bertz CT molecular complexity index is 657. The van der Waals surface area contributed by atoms with E-state index in [0.717, 1.165) is 22.8 Å². The molecule has 4 heteroatoms. The van der Waals surface area contributed by atoms with Gasteiger partial charge in [0.15, 0.2) is 0 Å². The molecule has 0 saturated heterocycles. The van der Waals surface area contributed by atoms with Crippen LogP contribution in [-0.2, 0) is 0 Å². The van der Waals surface area contributed by atoms with Crippen LogP contribution in [0.3, 0.4) is 0 Å². The van der Waals surface area contributed by atoms with Crippen LogP contribution in [0.25, 0.3) is 10.9 Å². The van der Waals surface area contributed by atoms with Gasteiger partial charge in [0, 0.05) is 17.5 Å². The number of nitrogens with one attached hydrogen (secondary N) is 1. The van der Waals surface area contributed by atoms with Crippen molar-refractivity contribution >= 4 is 16.7 Å². The minimum atomic E-state index is 0.524. The quantitative estimate of drug-likeness (QED) is 0.941. The fourth-order valence-electron chi connectivity index (χ4n) is 3.36. The summed E-state index contributed by atoms with van der Waals surface area (Å²) in [5, 5.41) is 4.80. The molecule has 0 spiro atoms. The molecular weight excluding hydrogens is 272 g/mol. The van der Waals surface area contributed by atoms with Gasteiger partial charge in [-0.2, -0.15) is 0 Å². The van der Waals surface area contributed by atoms with Gasteiger partial charge >= 0.3 is 0 Å². The lowest BCUT2D eigenvalue weighted by molar-refractivity contribution is 0.221. The largest absolute Gasteiger partial charge is 0.367 e. The molecule has 4 nitrogen and oxygen atoms in total. The van der Waals surface area contributed by atoms with Crippen LogP contribution in [0.15, 0.2) is 18.5 Å². The average molecular weight is 298 g/mol. The highest BCUT2D eigenvalue weighted by molar-refractivity contribution is 5.90. The van der Waals surface area contributed by atoms with Crippen LogP contribution < -0.4 is 5.32 Å². The summed E-state index contributed by atoms with van der Waals surface area (Å²) in [6, 6.07) is 5.61. The molecule has 2 aromatic rings. The molecule has 0 amide bonds. The molecule has 1 aliphatic carbocycles. The Morgan fingerprint density at radius 1 is 1.00 bits per heavy atom. The van der Waals surface area contributed by atoms with E-state index >= 15 is 0 Å². The first-order valence-electron chi connectivity index (χ1n) is 8.19. The molecule has 1 aromatic heterocycles. The van der Waals surface area contributed by atoms with Crippen LogP contribution in [0, 0.1) is 13.8 Å². The lowest BCUT2D eigenvalue weighted by atomic mass is 9.90. The molecule has 0 atom stereocenters. The van der Waals surface area contributed by atoms with Crippen LogP contribution in [0.2, 0.25) is 0 Å². The summed E-state index contributed by atoms with van der Waals surface area (Å²) in [7, 11) is 4.36. The molecule has 0 unspecified atom stereocenters. The van der Waals surface area contributed by atoms with Crippen molar-refractivity contribution in [3.05, 3.63) is 29.6 Å². The SMILES string of the molecule is Cc1cc2ncnc(NC3CCC(N(C)C)CC3)c2cc1C. The highest BCUT2D eigenvalue weighted by Gasteiger charge is 2.23. The van der Waals surface area contributed by atoms with Gasteiger partial charge in [0.05, 0.1) is 5.52 Å². The van der Waals surface area contributed by atoms with Gasteiger partial charge in [0.2, 0.25) is 0 Å². The van der Waals surface area contributed by atoms with Crippen molar-refractivity contribution in [1.82, 2.24) is 14.9 Å². The molecule has 1 fully saturated rings. The summed E-state index contributed by atoms with van der Waals surface area (Å²) in [5.41, 5.74) is 3.60. The van der Waals surface area contributed by atoms with Crippen LogP contribution >= 0.6 is 0 Å². The van der Waals surface area contributed by atoms with Crippen molar-refractivity contribution < 1.29 is 0 Å². The lowest BCUT2D eigenvalue weighted by Crippen LogP contribution is -2.36. The zero-order valence-corrected chi connectivity index (χ0v) is 14.1. The summed E-state index contributed by atoms with van der Waals surface area (Å²) < 4.78 is 0.